The molecule has 272 valence electrons. The quantitative estimate of drug-likeness (QED) is 0.151. The van der Waals surface area contributed by atoms with Crippen LogP contribution in [0, 0.1) is 0 Å². The summed E-state index contributed by atoms with van der Waals surface area (Å²) in [4.78, 5) is 2.36. The van der Waals surface area contributed by atoms with E-state index >= 15 is 0 Å². The molecule has 0 atom stereocenters. The second kappa shape index (κ2) is 14.1. The fourth-order valence-electron chi connectivity index (χ4n) is 8.66. The zero-order valence-electron chi connectivity index (χ0n) is 31.7. The van der Waals surface area contributed by atoms with Crippen molar-refractivity contribution < 1.29 is 4.42 Å². The Hall–Kier alpha value is -7.68. The maximum Gasteiger partial charge on any atom is 0.143 e. The molecule has 0 spiro atoms. The van der Waals surface area contributed by atoms with Gasteiger partial charge in [0.2, 0.25) is 0 Å². The van der Waals surface area contributed by atoms with Crippen molar-refractivity contribution in [3.63, 3.8) is 0 Å². The fourth-order valence-corrected chi connectivity index (χ4v) is 8.66. The van der Waals surface area contributed by atoms with Gasteiger partial charge >= 0.3 is 0 Å². The van der Waals surface area contributed by atoms with Crippen LogP contribution in [-0.4, -0.2) is 0 Å². The van der Waals surface area contributed by atoms with Crippen molar-refractivity contribution in [3.8, 4) is 44.7 Å². The van der Waals surface area contributed by atoms with Crippen LogP contribution >= 0.6 is 0 Å². The van der Waals surface area contributed by atoms with Gasteiger partial charge in [0.05, 0.1) is 0 Å². The van der Waals surface area contributed by atoms with E-state index < -0.39 is 0 Å². The Morgan fingerprint density at radius 1 is 0.293 bits per heavy atom. The summed E-state index contributed by atoms with van der Waals surface area (Å²) in [6, 6.07) is 80.6. The normalized spacial score (nSPS) is 11.4. The second-order valence-corrected chi connectivity index (χ2v) is 14.9. The highest BCUT2D eigenvalue weighted by Gasteiger charge is 2.20. The molecule has 11 aromatic rings. The smallest absolute Gasteiger partial charge is 0.143 e. The molecule has 2 heteroatoms. The van der Waals surface area contributed by atoms with Gasteiger partial charge < -0.3 is 9.32 Å². The number of anilines is 3. The lowest BCUT2D eigenvalue weighted by atomic mass is 9.96. The first-order valence-corrected chi connectivity index (χ1v) is 19.8. The molecule has 0 saturated carbocycles. The molecule has 10 aromatic carbocycles. The van der Waals surface area contributed by atoms with Crippen LogP contribution in [0.15, 0.2) is 229 Å². The molecule has 0 aliphatic rings. The van der Waals surface area contributed by atoms with Crippen LogP contribution in [0.1, 0.15) is 0 Å². The molecular formula is C56H37NO. The molecular weight excluding hydrogens is 703 g/mol. The first-order chi connectivity index (χ1) is 28.7. The molecule has 1 aromatic heterocycles. The van der Waals surface area contributed by atoms with Gasteiger partial charge in [-0.3, -0.25) is 0 Å². The molecule has 0 N–H and O–H groups in total. The summed E-state index contributed by atoms with van der Waals surface area (Å²) in [5.74, 6) is 0.859. The Morgan fingerprint density at radius 3 is 1.67 bits per heavy atom. The molecule has 0 unspecified atom stereocenters. The van der Waals surface area contributed by atoms with E-state index in [0.29, 0.717) is 0 Å². The molecule has 2 nitrogen and oxygen atoms in total. The molecule has 0 aliphatic carbocycles. The Bertz CT molecular complexity index is 3280. The third-order valence-electron chi connectivity index (χ3n) is 11.4. The Balaban J connectivity index is 1.05. The average Bonchev–Trinajstić information content (AvgIpc) is 3.69. The molecule has 0 bridgehead atoms. The number of fused-ring (bicyclic) bond motifs is 5. The van der Waals surface area contributed by atoms with E-state index in [9.17, 15) is 0 Å². The summed E-state index contributed by atoms with van der Waals surface area (Å²) < 4.78 is 6.70. The monoisotopic (exact) mass is 739 g/mol. The van der Waals surface area contributed by atoms with E-state index in [1.54, 1.807) is 0 Å². The van der Waals surface area contributed by atoms with Gasteiger partial charge in [0.1, 0.15) is 11.3 Å². The molecule has 0 amide bonds. The van der Waals surface area contributed by atoms with Gasteiger partial charge in [-0.2, -0.15) is 0 Å². The van der Waals surface area contributed by atoms with Crippen LogP contribution in [0.25, 0.3) is 88.0 Å². The second-order valence-electron chi connectivity index (χ2n) is 14.9. The number of hydrogen-bond acceptors (Lipinski definition) is 2. The maximum absolute atomic E-state index is 6.70. The standard InChI is InChI=1S/C56H37NO/c1-2-15-41(16-3-1)55-53-24-8-9-26-54(53)58-56(55)45-19-11-21-48(37-45)57(47-20-10-18-43(36-47)51-25-12-17-39-13-4-6-22-49(39)51)46-32-29-38(30-33-46)42-31-34-52-44(35-42)28-27-40-14-5-7-23-50(40)52/h1-37H. The third-order valence-corrected chi connectivity index (χ3v) is 11.4. The van der Waals surface area contributed by atoms with E-state index in [2.05, 4.69) is 223 Å². The fraction of sp³-hybridized carbons (Fsp3) is 0. The minimum Gasteiger partial charge on any atom is -0.455 e. The van der Waals surface area contributed by atoms with Gasteiger partial charge in [-0.05, 0) is 109 Å². The lowest BCUT2D eigenvalue weighted by Gasteiger charge is -2.27. The highest BCUT2D eigenvalue weighted by Crippen LogP contribution is 2.44. The summed E-state index contributed by atoms with van der Waals surface area (Å²) in [6.45, 7) is 0. The SMILES string of the molecule is c1ccc(-c2c(-c3cccc(N(c4ccc(-c5ccc6c(ccc7ccccc76)c5)cc4)c4cccc(-c5cccc6ccccc56)c4)c3)oc3ccccc23)cc1. The number of nitrogens with zero attached hydrogens (tertiary/aromatic N) is 1. The first kappa shape index (κ1) is 33.6. The highest BCUT2D eigenvalue weighted by molar-refractivity contribution is 6.08. The minimum atomic E-state index is 0.859. The third kappa shape index (κ3) is 5.91. The van der Waals surface area contributed by atoms with Gasteiger partial charge in [-0.25, -0.2) is 0 Å². The van der Waals surface area contributed by atoms with Gasteiger partial charge in [0.25, 0.3) is 0 Å². The summed E-state index contributed by atoms with van der Waals surface area (Å²) in [5.41, 5.74) is 12.0. The zero-order valence-corrected chi connectivity index (χ0v) is 31.7. The van der Waals surface area contributed by atoms with Crippen molar-refractivity contribution in [2.24, 2.45) is 0 Å². The van der Waals surface area contributed by atoms with Gasteiger partial charge in [0, 0.05) is 33.6 Å². The predicted octanol–water partition coefficient (Wildman–Crippen LogP) is 16.0. The molecule has 11 rings (SSSR count). The number of rotatable bonds is 7. The lowest BCUT2D eigenvalue weighted by molar-refractivity contribution is 0.632. The van der Waals surface area contributed by atoms with Crippen LogP contribution in [0.3, 0.4) is 0 Å². The molecule has 0 aliphatic heterocycles. The summed E-state index contributed by atoms with van der Waals surface area (Å²) in [7, 11) is 0. The van der Waals surface area contributed by atoms with Crippen molar-refractivity contribution in [2.75, 3.05) is 4.90 Å². The minimum absolute atomic E-state index is 0.859. The van der Waals surface area contributed by atoms with Crippen LogP contribution < -0.4 is 4.90 Å². The number of furan rings is 1. The van der Waals surface area contributed by atoms with Crippen LogP contribution in [-0.2, 0) is 0 Å². The summed E-state index contributed by atoms with van der Waals surface area (Å²) in [5, 5.41) is 8.63. The molecule has 0 saturated heterocycles. The average molecular weight is 740 g/mol. The molecule has 0 radical (unpaired) electrons. The van der Waals surface area contributed by atoms with Crippen LogP contribution in [0.2, 0.25) is 0 Å². The number of para-hydroxylation sites is 1. The predicted molar refractivity (Wildman–Crippen MR) is 245 cm³/mol. The van der Waals surface area contributed by atoms with Crippen molar-refractivity contribution in [1.29, 1.82) is 0 Å². The van der Waals surface area contributed by atoms with E-state index in [4.69, 9.17) is 4.42 Å². The van der Waals surface area contributed by atoms with E-state index in [1.165, 1.54) is 54.6 Å². The van der Waals surface area contributed by atoms with Gasteiger partial charge in [-0.15, -0.1) is 0 Å². The maximum atomic E-state index is 6.70. The van der Waals surface area contributed by atoms with Gasteiger partial charge in [-0.1, -0.05) is 176 Å². The van der Waals surface area contributed by atoms with E-state index in [1.807, 2.05) is 6.07 Å². The largest absolute Gasteiger partial charge is 0.455 e. The van der Waals surface area contributed by atoms with Crippen molar-refractivity contribution in [3.05, 3.63) is 224 Å². The van der Waals surface area contributed by atoms with Crippen molar-refractivity contribution in [1.82, 2.24) is 0 Å². The van der Waals surface area contributed by atoms with Crippen LogP contribution in [0.5, 0.6) is 0 Å². The first-order valence-electron chi connectivity index (χ1n) is 19.8. The molecule has 58 heavy (non-hydrogen) atoms. The summed E-state index contributed by atoms with van der Waals surface area (Å²) >= 11 is 0. The van der Waals surface area contributed by atoms with Crippen LogP contribution in [0.4, 0.5) is 17.1 Å². The van der Waals surface area contributed by atoms with Gasteiger partial charge in [0.15, 0.2) is 0 Å². The topological polar surface area (TPSA) is 16.4 Å². The zero-order chi connectivity index (χ0) is 38.4. The lowest BCUT2D eigenvalue weighted by Crippen LogP contribution is -2.10. The number of benzene rings is 10. The van der Waals surface area contributed by atoms with Crippen molar-refractivity contribution >= 4 is 60.3 Å². The highest BCUT2D eigenvalue weighted by atomic mass is 16.3. The van der Waals surface area contributed by atoms with E-state index in [-0.39, 0.29) is 0 Å². The van der Waals surface area contributed by atoms with Crippen molar-refractivity contribution in [2.45, 2.75) is 0 Å². The number of hydrogen-bond donors (Lipinski definition) is 0. The molecule has 0 fully saturated rings. The Labute approximate surface area is 337 Å². The molecule has 1 heterocycles. The Morgan fingerprint density at radius 2 is 0.862 bits per heavy atom. The van der Waals surface area contributed by atoms with E-state index in [0.717, 1.165) is 50.5 Å². The Kier molecular flexibility index (Phi) is 8.19. The summed E-state index contributed by atoms with van der Waals surface area (Å²) in [6.07, 6.45) is 0.